The SMILES string of the molecule is CCCc1cc2c(-c3ccc(C(F)(F)F)cc3)cccc2[cH-]1.CCCc1cc2c(-c3ccc(C(F)(F)F)cc3)cccc2[cH-]1.[CH3][SnH][CH3].[Cl-].[Cl-].[Zr+4]. The van der Waals surface area contributed by atoms with Crippen LogP contribution in [0.4, 0.5) is 26.3 Å². The quantitative estimate of drug-likeness (QED) is 0.0969. The third kappa shape index (κ3) is 12.0. The van der Waals surface area contributed by atoms with Gasteiger partial charge in [0.1, 0.15) is 0 Å². The summed E-state index contributed by atoms with van der Waals surface area (Å²) in [6.07, 6.45) is -4.40. The molecular weight excluding hydrogens is 875 g/mol. The zero-order valence-electron chi connectivity index (χ0n) is 28.3. The monoisotopic (exact) mass is 913 g/mol. The van der Waals surface area contributed by atoms with Crippen molar-refractivity contribution in [1.82, 2.24) is 0 Å². The van der Waals surface area contributed by atoms with E-state index >= 15 is 0 Å². The number of benzene rings is 4. The Morgan fingerprint density at radius 1 is 0.540 bits per heavy atom. The van der Waals surface area contributed by atoms with E-state index in [1.165, 1.54) is 11.1 Å². The molecule has 0 fully saturated rings. The van der Waals surface area contributed by atoms with Gasteiger partial charge in [-0.2, -0.15) is 38.5 Å². The first-order chi connectivity index (χ1) is 22.4. The molecular formula is C40H39Cl2F6SnZr. The minimum Gasteiger partial charge on any atom is -1.00 e. The maximum atomic E-state index is 12.7. The van der Waals surface area contributed by atoms with Crippen LogP contribution < -0.4 is 24.8 Å². The summed E-state index contributed by atoms with van der Waals surface area (Å²) in [6, 6.07) is 31.3. The number of halogens is 8. The van der Waals surface area contributed by atoms with Gasteiger partial charge in [-0.3, -0.25) is 0 Å². The third-order valence-corrected chi connectivity index (χ3v) is 7.74. The first-order valence-electron chi connectivity index (χ1n) is 15.9. The molecule has 0 atom stereocenters. The van der Waals surface area contributed by atoms with Crippen molar-refractivity contribution in [2.24, 2.45) is 0 Å². The summed E-state index contributed by atoms with van der Waals surface area (Å²) in [5.74, 6) is 0. The van der Waals surface area contributed by atoms with Crippen LogP contribution in [0.5, 0.6) is 0 Å². The normalized spacial score (nSPS) is 10.9. The average molecular weight is 915 g/mol. The molecule has 6 aromatic carbocycles. The average Bonchev–Trinajstić information content (AvgIpc) is 3.65. The molecule has 0 heterocycles. The second-order valence-corrected chi connectivity index (χ2v) is 14.9. The maximum Gasteiger partial charge on any atom is 4.00 e. The van der Waals surface area contributed by atoms with E-state index < -0.39 is 23.5 Å². The van der Waals surface area contributed by atoms with Crippen LogP contribution in [0.15, 0.2) is 109 Å². The van der Waals surface area contributed by atoms with Crippen LogP contribution in [0.25, 0.3) is 43.8 Å². The van der Waals surface area contributed by atoms with Crippen molar-refractivity contribution >= 4 is 42.7 Å². The van der Waals surface area contributed by atoms with Crippen LogP contribution in [-0.2, 0) is 51.4 Å². The molecule has 1 radical (unpaired) electrons. The van der Waals surface area contributed by atoms with Crippen LogP contribution in [0.2, 0.25) is 9.88 Å². The minimum absolute atomic E-state index is 0. The fourth-order valence-corrected chi connectivity index (χ4v) is 5.64. The summed E-state index contributed by atoms with van der Waals surface area (Å²) in [7, 11) is 0. The Balaban J connectivity index is 0.000000439. The van der Waals surface area contributed by atoms with E-state index in [4.69, 9.17) is 0 Å². The first kappa shape index (κ1) is 46.0. The Kier molecular flexibility index (Phi) is 19.2. The van der Waals surface area contributed by atoms with Gasteiger partial charge in [0.2, 0.25) is 0 Å². The number of aryl methyl sites for hydroxylation is 2. The summed E-state index contributed by atoms with van der Waals surface area (Å²) in [5.41, 5.74) is 4.91. The predicted molar refractivity (Wildman–Crippen MR) is 187 cm³/mol. The zero-order valence-corrected chi connectivity index (χ0v) is 35.6. The van der Waals surface area contributed by atoms with Gasteiger partial charge < -0.3 is 24.8 Å². The fourth-order valence-electron chi connectivity index (χ4n) is 5.64. The van der Waals surface area contributed by atoms with E-state index in [9.17, 15) is 26.3 Å². The molecule has 0 saturated heterocycles. The molecule has 0 bridgehead atoms. The van der Waals surface area contributed by atoms with Crippen molar-refractivity contribution in [2.45, 2.75) is 61.8 Å². The van der Waals surface area contributed by atoms with Crippen LogP contribution in [0, 0.1) is 0 Å². The molecule has 50 heavy (non-hydrogen) atoms. The summed E-state index contributed by atoms with van der Waals surface area (Å²) in [5, 5.41) is 4.48. The van der Waals surface area contributed by atoms with Gasteiger partial charge in [-0.15, -0.1) is 69.1 Å². The molecule has 6 aromatic rings. The van der Waals surface area contributed by atoms with Crippen molar-refractivity contribution in [1.29, 1.82) is 0 Å². The molecule has 6 rings (SSSR count). The summed E-state index contributed by atoms with van der Waals surface area (Å²) < 4.78 is 76.0. The van der Waals surface area contributed by atoms with Gasteiger partial charge in [0.15, 0.2) is 0 Å². The van der Waals surface area contributed by atoms with E-state index in [-0.39, 0.29) is 72.2 Å². The molecule has 0 unspecified atom stereocenters. The van der Waals surface area contributed by atoms with Crippen molar-refractivity contribution in [2.75, 3.05) is 0 Å². The Morgan fingerprint density at radius 2 is 0.860 bits per heavy atom. The second-order valence-electron chi connectivity index (χ2n) is 11.6. The van der Waals surface area contributed by atoms with Crippen molar-refractivity contribution in [3.05, 3.63) is 131 Å². The molecule has 0 aliphatic carbocycles. The van der Waals surface area contributed by atoms with Gasteiger partial charge in [0.25, 0.3) is 0 Å². The summed E-state index contributed by atoms with van der Waals surface area (Å²) in [4.78, 5) is 4.63. The molecule has 0 amide bonds. The van der Waals surface area contributed by atoms with Gasteiger partial charge in [0.05, 0.1) is 11.1 Å². The number of alkyl halides is 6. The van der Waals surface area contributed by atoms with Gasteiger partial charge in [-0.05, 0) is 48.2 Å². The molecule has 0 aliphatic rings. The molecule has 0 N–H and O–H groups in total. The first-order valence-corrected chi connectivity index (χ1v) is 22.4. The Labute approximate surface area is 332 Å². The smallest absolute Gasteiger partial charge is 1.00 e. The van der Waals surface area contributed by atoms with E-state index in [0.717, 1.165) is 93.7 Å². The molecule has 0 saturated carbocycles. The van der Waals surface area contributed by atoms with E-state index in [1.54, 1.807) is 24.3 Å². The standard InChI is InChI=1S/2C19H16F3.2CH3.2ClH.Sn.Zr.H/c2*1-2-4-13-11-15-5-3-6-17(18(15)12-13)14-7-9-16(10-8-14)19(20,21)22;;;;;;;/h2*3,5-12H,2,4H2,1H3;2*1H3;2*1H;;;/q2*-1;;;;;;+4;/p-2. The van der Waals surface area contributed by atoms with Crippen LogP contribution in [-0.4, -0.2) is 21.1 Å². The molecule has 0 aromatic heterocycles. The van der Waals surface area contributed by atoms with E-state index in [0.29, 0.717) is 0 Å². The number of hydrogen-bond acceptors (Lipinski definition) is 0. The van der Waals surface area contributed by atoms with Crippen LogP contribution in [0.1, 0.15) is 48.9 Å². The summed E-state index contributed by atoms with van der Waals surface area (Å²) >= 11 is 0.110. The van der Waals surface area contributed by atoms with E-state index in [2.05, 4.69) is 48.0 Å². The van der Waals surface area contributed by atoms with Crippen molar-refractivity contribution in [3.63, 3.8) is 0 Å². The topological polar surface area (TPSA) is 0 Å². The maximum absolute atomic E-state index is 12.7. The number of fused-ring (bicyclic) bond motifs is 2. The van der Waals surface area contributed by atoms with E-state index in [1.807, 2.05) is 36.4 Å². The number of rotatable bonds is 6. The van der Waals surface area contributed by atoms with Crippen LogP contribution >= 0.6 is 0 Å². The molecule has 0 aliphatic heterocycles. The summed E-state index contributed by atoms with van der Waals surface area (Å²) in [6.45, 7) is 4.27. The Bertz CT molecular complexity index is 1730. The number of hydrogen-bond donors (Lipinski definition) is 0. The van der Waals surface area contributed by atoms with Gasteiger partial charge in [-0.1, -0.05) is 74.2 Å². The van der Waals surface area contributed by atoms with Crippen LogP contribution in [0.3, 0.4) is 0 Å². The van der Waals surface area contributed by atoms with Gasteiger partial charge in [0, 0.05) is 0 Å². The third-order valence-electron chi connectivity index (χ3n) is 7.74. The largest absolute Gasteiger partial charge is 4.00 e. The fraction of sp³-hybridized carbons (Fsp3) is 0.250. The molecule has 0 spiro atoms. The van der Waals surface area contributed by atoms with Crippen molar-refractivity contribution < 1.29 is 77.4 Å². The Morgan fingerprint density at radius 3 is 1.14 bits per heavy atom. The zero-order chi connectivity index (χ0) is 34.2. The molecule has 263 valence electrons. The predicted octanol–water partition coefficient (Wildman–Crippen LogP) is 6.92. The van der Waals surface area contributed by atoms with Gasteiger partial charge in [-0.25, -0.2) is 0 Å². The minimum atomic E-state index is -4.29. The molecule has 0 nitrogen and oxygen atoms in total. The molecule has 10 heteroatoms. The Hall–Kier alpha value is -2.06. The second kappa shape index (κ2) is 20.8. The van der Waals surface area contributed by atoms with Gasteiger partial charge >= 0.3 is 69.6 Å². The van der Waals surface area contributed by atoms with Crippen molar-refractivity contribution in [3.8, 4) is 22.3 Å².